The second-order valence-corrected chi connectivity index (χ2v) is 5.87. The molecule has 1 heterocycles. The van der Waals surface area contributed by atoms with E-state index in [1.165, 1.54) is 11.8 Å². The first-order valence-corrected chi connectivity index (χ1v) is 7.56. The molecule has 1 amide bonds. The van der Waals surface area contributed by atoms with Crippen molar-refractivity contribution in [1.82, 2.24) is 5.32 Å². The van der Waals surface area contributed by atoms with Crippen LogP contribution in [-0.2, 0) is 9.59 Å². The standard InChI is InChI=1S/C14H13NO5S2/c1-2-19-10-5-8(3-4-9(10)20-7-12(16)17)6-11-13(18)15-14(21)22-11/h3-6H,2,7H2,1H3,(H,16,17)(H,15,18,21)/p-1/b11-6+. The Labute approximate surface area is 136 Å². The lowest BCUT2D eigenvalue weighted by Gasteiger charge is -2.13. The monoisotopic (exact) mass is 338 g/mol. The smallest absolute Gasteiger partial charge is 0.263 e. The summed E-state index contributed by atoms with van der Waals surface area (Å²) < 4.78 is 10.9. The Morgan fingerprint density at radius 3 is 2.77 bits per heavy atom. The van der Waals surface area contributed by atoms with Gasteiger partial charge in [0.2, 0.25) is 0 Å². The Hall–Kier alpha value is -2.06. The number of ether oxygens (including phenoxy) is 2. The van der Waals surface area contributed by atoms with Crippen LogP contribution in [0.5, 0.6) is 11.5 Å². The number of carbonyl (C=O) groups excluding carboxylic acids is 2. The van der Waals surface area contributed by atoms with E-state index in [1.807, 2.05) is 0 Å². The van der Waals surface area contributed by atoms with Crippen LogP contribution in [0.1, 0.15) is 12.5 Å². The van der Waals surface area contributed by atoms with Crippen LogP contribution in [0.15, 0.2) is 23.1 Å². The van der Waals surface area contributed by atoms with Crippen molar-refractivity contribution in [3.63, 3.8) is 0 Å². The fourth-order valence-corrected chi connectivity index (χ4v) is 2.76. The maximum Gasteiger partial charge on any atom is 0.263 e. The summed E-state index contributed by atoms with van der Waals surface area (Å²) in [4.78, 5) is 22.6. The van der Waals surface area contributed by atoms with Gasteiger partial charge in [-0.1, -0.05) is 30.0 Å². The average molecular weight is 338 g/mol. The van der Waals surface area contributed by atoms with Crippen molar-refractivity contribution in [3.8, 4) is 11.5 Å². The largest absolute Gasteiger partial charge is 0.546 e. The van der Waals surface area contributed by atoms with E-state index in [2.05, 4.69) is 5.32 Å². The number of rotatable bonds is 6. The molecule has 0 aliphatic carbocycles. The van der Waals surface area contributed by atoms with Gasteiger partial charge in [0.05, 0.1) is 17.5 Å². The van der Waals surface area contributed by atoms with Crippen molar-refractivity contribution < 1.29 is 24.2 Å². The third-order valence-electron chi connectivity index (χ3n) is 2.55. The van der Waals surface area contributed by atoms with Crippen molar-refractivity contribution >= 4 is 46.3 Å². The van der Waals surface area contributed by atoms with Gasteiger partial charge in [-0.3, -0.25) is 4.79 Å². The molecule has 0 bridgehead atoms. The number of carboxylic acid groups (broad SMARTS) is 1. The number of carboxylic acids is 1. The fourth-order valence-electron chi connectivity index (χ4n) is 1.71. The Morgan fingerprint density at radius 2 is 2.18 bits per heavy atom. The van der Waals surface area contributed by atoms with Crippen LogP contribution in [0, 0.1) is 0 Å². The van der Waals surface area contributed by atoms with E-state index in [4.69, 9.17) is 21.7 Å². The zero-order chi connectivity index (χ0) is 16.1. The molecule has 22 heavy (non-hydrogen) atoms. The summed E-state index contributed by atoms with van der Waals surface area (Å²) >= 11 is 6.10. The highest BCUT2D eigenvalue weighted by molar-refractivity contribution is 8.26. The third kappa shape index (κ3) is 4.22. The molecule has 1 saturated heterocycles. The van der Waals surface area contributed by atoms with Crippen molar-refractivity contribution in [2.75, 3.05) is 13.2 Å². The van der Waals surface area contributed by atoms with E-state index in [1.54, 1.807) is 31.2 Å². The molecule has 1 N–H and O–H groups in total. The molecule has 1 aromatic carbocycles. The van der Waals surface area contributed by atoms with Crippen LogP contribution in [-0.4, -0.2) is 29.4 Å². The molecule has 0 spiro atoms. The first-order chi connectivity index (χ1) is 10.5. The summed E-state index contributed by atoms with van der Waals surface area (Å²) in [5.41, 5.74) is 0.714. The summed E-state index contributed by atoms with van der Waals surface area (Å²) in [7, 11) is 0. The number of carbonyl (C=O) groups is 2. The van der Waals surface area contributed by atoms with Gasteiger partial charge in [-0.15, -0.1) is 0 Å². The van der Waals surface area contributed by atoms with E-state index >= 15 is 0 Å². The minimum atomic E-state index is -1.32. The SMILES string of the molecule is CCOc1cc(/C=C2/SC(=S)NC2=O)ccc1OCC(=O)[O-]. The van der Waals surface area contributed by atoms with Crippen molar-refractivity contribution in [2.45, 2.75) is 6.92 Å². The molecule has 2 rings (SSSR count). The minimum absolute atomic E-state index is 0.245. The number of hydrogen-bond donors (Lipinski definition) is 1. The molecule has 0 saturated carbocycles. The number of hydrogen-bond acceptors (Lipinski definition) is 7. The van der Waals surface area contributed by atoms with Crippen LogP contribution in [0.2, 0.25) is 0 Å². The molecule has 1 fully saturated rings. The Morgan fingerprint density at radius 1 is 1.41 bits per heavy atom. The quantitative estimate of drug-likeness (QED) is 0.603. The third-order valence-corrected chi connectivity index (χ3v) is 3.72. The van der Waals surface area contributed by atoms with Crippen LogP contribution in [0.3, 0.4) is 0 Å². The zero-order valence-electron chi connectivity index (χ0n) is 11.6. The van der Waals surface area contributed by atoms with E-state index in [9.17, 15) is 14.7 Å². The number of nitrogens with one attached hydrogen (secondary N) is 1. The molecule has 1 aliphatic rings. The second kappa shape index (κ2) is 7.28. The van der Waals surface area contributed by atoms with Gasteiger partial charge in [-0.25, -0.2) is 0 Å². The molecule has 0 unspecified atom stereocenters. The van der Waals surface area contributed by atoms with Gasteiger partial charge >= 0.3 is 0 Å². The maximum atomic E-state index is 11.6. The summed E-state index contributed by atoms with van der Waals surface area (Å²) in [6.45, 7) is 1.63. The first kappa shape index (κ1) is 16.3. The predicted octanol–water partition coefficient (Wildman–Crippen LogP) is 0.703. The number of thioether (sulfide) groups is 1. The van der Waals surface area contributed by atoms with Gasteiger partial charge in [0.25, 0.3) is 5.91 Å². The Bertz CT molecular complexity index is 657. The van der Waals surface area contributed by atoms with Crippen LogP contribution in [0.25, 0.3) is 6.08 Å². The van der Waals surface area contributed by atoms with Gasteiger partial charge < -0.3 is 24.7 Å². The lowest BCUT2D eigenvalue weighted by molar-refractivity contribution is -0.307. The summed E-state index contributed by atoms with van der Waals surface area (Å²) in [5, 5.41) is 13.0. The van der Waals surface area contributed by atoms with Crippen molar-refractivity contribution in [3.05, 3.63) is 28.7 Å². The van der Waals surface area contributed by atoms with E-state index < -0.39 is 12.6 Å². The molecule has 8 heteroatoms. The molecular weight excluding hydrogens is 326 g/mol. The molecule has 6 nitrogen and oxygen atoms in total. The number of aliphatic carboxylic acids is 1. The lowest BCUT2D eigenvalue weighted by atomic mass is 10.2. The lowest BCUT2D eigenvalue weighted by Crippen LogP contribution is -2.29. The van der Waals surface area contributed by atoms with Gasteiger partial charge in [0, 0.05) is 0 Å². The second-order valence-electron chi connectivity index (χ2n) is 4.15. The highest BCUT2D eigenvalue weighted by Crippen LogP contribution is 2.31. The number of benzene rings is 1. The summed E-state index contributed by atoms with van der Waals surface area (Å²) in [6, 6.07) is 4.93. The zero-order valence-corrected chi connectivity index (χ0v) is 13.2. The topological polar surface area (TPSA) is 87.7 Å². The van der Waals surface area contributed by atoms with E-state index in [-0.39, 0.29) is 5.91 Å². The molecule has 1 aromatic rings. The average Bonchev–Trinajstić information content (AvgIpc) is 2.76. The summed E-state index contributed by atoms with van der Waals surface area (Å²) in [5.74, 6) is -0.872. The number of thiocarbonyl (C=S) groups is 1. The van der Waals surface area contributed by atoms with Gasteiger partial charge in [0.1, 0.15) is 10.9 Å². The Kier molecular flexibility index (Phi) is 5.40. The van der Waals surface area contributed by atoms with E-state index in [0.717, 1.165) is 0 Å². The molecular formula is C14H12NO5S2-. The highest BCUT2D eigenvalue weighted by atomic mass is 32.2. The van der Waals surface area contributed by atoms with E-state index in [0.29, 0.717) is 32.9 Å². The van der Waals surface area contributed by atoms with Crippen molar-refractivity contribution in [1.29, 1.82) is 0 Å². The molecule has 0 atom stereocenters. The highest BCUT2D eigenvalue weighted by Gasteiger charge is 2.22. The van der Waals surface area contributed by atoms with Crippen molar-refractivity contribution in [2.24, 2.45) is 0 Å². The van der Waals surface area contributed by atoms with Crippen LogP contribution < -0.4 is 19.9 Å². The van der Waals surface area contributed by atoms with Gasteiger partial charge in [-0.2, -0.15) is 0 Å². The maximum absolute atomic E-state index is 11.6. The van der Waals surface area contributed by atoms with Crippen LogP contribution >= 0.6 is 24.0 Å². The predicted molar refractivity (Wildman–Crippen MR) is 84.4 cm³/mol. The molecule has 116 valence electrons. The van der Waals surface area contributed by atoms with Gasteiger partial charge in [0.15, 0.2) is 11.5 Å². The fraction of sp³-hybridized carbons (Fsp3) is 0.214. The molecule has 0 aromatic heterocycles. The van der Waals surface area contributed by atoms with Gasteiger partial charge in [-0.05, 0) is 30.7 Å². The summed E-state index contributed by atoms with van der Waals surface area (Å²) in [6.07, 6.45) is 1.67. The normalized spacial score (nSPS) is 15.8. The first-order valence-electron chi connectivity index (χ1n) is 6.34. The number of amides is 1. The molecule has 1 aliphatic heterocycles. The minimum Gasteiger partial charge on any atom is -0.546 e. The van der Waals surface area contributed by atoms with Crippen LogP contribution in [0.4, 0.5) is 0 Å². The molecule has 0 radical (unpaired) electrons. The Balaban J connectivity index is 2.25.